The van der Waals surface area contributed by atoms with E-state index in [0.29, 0.717) is 16.7 Å². The quantitative estimate of drug-likeness (QED) is 0.538. The smallest absolute Gasteiger partial charge is 0.234 e. The van der Waals surface area contributed by atoms with Crippen molar-refractivity contribution in [1.29, 1.82) is 0 Å². The minimum atomic E-state index is -0.436. The first-order valence-corrected chi connectivity index (χ1v) is 9.04. The lowest BCUT2D eigenvalue weighted by Gasteiger charge is -2.06. The first kappa shape index (κ1) is 19.1. The second kappa shape index (κ2) is 7.92. The number of hydrogen-bond acceptors (Lipinski definition) is 4. The van der Waals surface area contributed by atoms with Crippen LogP contribution in [0.2, 0.25) is 0 Å². The van der Waals surface area contributed by atoms with Crippen molar-refractivity contribution < 1.29 is 19.2 Å². The molecule has 0 N–H and O–H groups in total. The van der Waals surface area contributed by atoms with E-state index in [1.165, 1.54) is 6.08 Å². The van der Waals surface area contributed by atoms with Gasteiger partial charge < -0.3 is 0 Å². The molecule has 0 spiro atoms. The van der Waals surface area contributed by atoms with Gasteiger partial charge in [0.2, 0.25) is 23.1 Å². The SMILES string of the molecule is CC.O=C1C(=O)c2cccc3cccc1c23.O=C1C=Cc2ccccc2C1=O. The maximum absolute atomic E-state index is 11.5. The van der Waals surface area contributed by atoms with Crippen LogP contribution in [0.1, 0.15) is 50.5 Å². The summed E-state index contributed by atoms with van der Waals surface area (Å²) in [7, 11) is 0. The highest BCUT2D eigenvalue weighted by atomic mass is 16.2. The molecule has 5 rings (SSSR count). The van der Waals surface area contributed by atoms with Gasteiger partial charge in [-0.3, -0.25) is 19.2 Å². The number of Topliss-reactive ketones (excluding diaryl/α,β-unsaturated/α-hetero) is 3. The zero-order valence-electron chi connectivity index (χ0n) is 15.6. The molecule has 0 bridgehead atoms. The first-order valence-electron chi connectivity index (χ1n) is 9.04. The number of rotatable bonds is 0. The van der Waals surface area contributed by atoms with E-state index < -0.39 is 11.6 Å². The number of benzene rings is 3. The molecule has 0 saturated carbocycles. The summed E-state index contributed by atoms with van der Waals surface area (Å²) in [5.41, 5.74) is 2.42. The van der Waals surface area contributed by atoms with Gasteiger partial charge in [-0.05, 0) is 17.0 Å². The Morgan fingerprint density at radius 2 is 1.07 bits per heavy atom. The molecule has 3 aromatic rings. The normalized spacial score (nSPS) is 13.5. The third-order valence-electron chi connectivity index (χ3n) is 4.44. The van der Waals surface area contributed by atoms with Gasteiger partial charge in [-0.25, -0.2) is 0 Å². The van der Waals surface area contributed by atoms with Crippen molar-refractivity contribution in [1.82, 2.24) is 0 Å². The molecule has 0 fully saturated rings. The Kier molecular flexibility index (Phi) is 5.41. The second-order valence-electron chi connectivity index (χ2n) is 5.98. The Balaban J connectivity index is 0.000000150. The third-order valence-corrected chi connectivity index (χ3v) is 4.44. The molecule has 0 saturated heterocycles. The Labute approximate surface area is 162 Å². The van der Waals surface area contributed by atoms with E-state index in [9.17, 15) is 19.2 Å². The van der Waals surface area contributed by atoms with Crippen molar-refractivity contribution >= 4 is 40.0 Å². The Morgan fingerprint density at radius 1 is 0.536 bits per heavy atom. The molecule has 0 atom stereocenters. The molecule has 0 aromatic heterocycles. The van der Waals surface area contributed by atoms with Gasteiger partial charge >= 0.3 is 0 Å². The molecule has 0 unspecified atom stereocenters. The van der Waals surface area contributed by atoms with Crippen LogP contribution in [-0.2, 0) is 4.79 Å². The molecule has 28 heavy (non-hydrogen) atoms. The highest BCUT2D eigenvalue weighted by molar-refractivity contribution is 6.57. The summed E-state index contributed by atoms with van der Waals surface area (Å²) >= 11 is 0. The minimum absolute atomic E-state index is 0.378. The average molecular weight is 370 g/mol. The van der Waals surface area contributed by atoms with Crippen LogP contribution in [0.5, 0.6) is 0 Å². The predicted octanol–water partition coefficient (Wildman–Crippen LogP) is 4.71. The molecule has 3 aromatic carbocycles. The number of fused-ring (bicyclic) bond motifs is 1. The molecular weight excluding hydrogens is 352 g/mol. The number of carbonyl (C=O) groups excluding carboxylic acids is 4. The van der Waals surface area contributed by atoms with E-state index in [-0.39, 0.29) is 11.6 Å². The molecule has 0 heterocycles. The van der Waals surface area contributed by atoms with Crippen LogP contribution in [-0.4, -0.2) is 23.1 Å². The molecule has 2 aliphatic carbocycles. The molecule has 0 aliphatic heterocycles. The third kappa shape index (κ3) is 3.21. The molecular formula is C24H18O4. The fourth-order valence-corrected chi connectivity index (χ4v) is 3.19. The van der Waals surface area contributed by atoms with Crippen molar-refractivity contribution in [2.45, 2.75) is 13.8 Å². The molecule has 138 valence electrons. The summed E-state index contributed by atoms with van der Waals surface area (Å²) in [4.78, 5) is 45.2. The first-order chi connectivity index (χ1) is 13.6. The standard InChI is InChI=1S/C12H6O2.C10H6O2.C2H6/c13-11-8-5-1-3-7-4-2-6-9(10(7)8)12(11)14;11-9-6-5-7-3-1-2-4-8(7)10(9)12;1-2/h1-6H;1-6H;1-2H3. The molecule has 4 nitrogen and oxygen atoms in total. The number of hydrogen-bond donors (Lipinski definition) is 0. The summed E-state index contributed by atoms with van der Waals surface area (Å²) in [6.45, 7) is 4.00. The van der Waals surface area contributed by atoms with E-state index in [2.05, 4.69) is 0 Å². The number of allylic oxidation sites excluding steroid dienone is 1. The van der Waals surface area contributed by atoms with Gasteiger partial charge in [0.05, 0.1) is 0 Å². The van der Waals surface area contributed by atoms with Gasteiger partial charge in [0.25, 0.3) is 0 Å². The Morgan fingerprint density at radius 3 is 1.68 bits per heavy atom. The van der Waals surface area contributed by atoms with E-state index >= 15 is 0 Å². The van der Waals surface area contributed by atoms with Crippen LogP contribution in [0.25, 0.3) is 16.8 Å². The number of carbonyl (C=O) groups is 4. The predicted molar refractivity (Wildman–Crippen MR) is 109 cm³/mol. The Bertz CT molecular complexity index is 1100. The van der Waals surface area contributed by atoms with E-state index in [4.69, 9.17) is 0 Å². The van der Waals surface area contributed by atoms with Crippen molar-refractivity contribution in [2.24, 2.45) is 0 Å². The number of ketones is 4. The van der Waals surface area contributed by atoms with Gasteiger partial charge in [-0.2, -0.15) is 0 Å². The molecule has 2 aliphatic rings. The fourth-order valence-electron chi connectivity index (χ4n) is 3.19. The van der Waals surface area contributed by atoms with Crippen LogP contribution >= 0.6 is 0 Å². The van der Waals surface area contributed by atoms with Gasteiger partial charge in [0.15, 0.2) is 0 Å². The molecule has 4 heteroatoms. The summed E-state index contributed by atoms with van der Waals surface area (Å²) in [6, 6.07) is 17.9. The van der Waals surface area contributed by atoms with E-state index in [1.54, 1.807) is 42.5 Å². The average Bonchev–Trinajstić information content (AvgIpc) is 3.00. The van der Waals surface area contributed by atoms with E-state index in [1.807, 2.05) is 38.1 Å². The van der Waals surface area contributed by atoms with Gasteiger partial charge in [0.1, 0.15) is 0 Å². The maximum atomic E-state index is 11.5. The van der Waals surface area contributed by atoms with Crippen LogP contribution in [0.3, 0.4) is 0 Å². The van der Waals surface area contributed by atoms with E-state index in [0.717, 1.165) is 16.3 Å². The minimum Gasteiger partial charge on any atom is -0.286 e. The van der Waals surface area contributed by atoms with Gasteiger partial charge in [0, 0.05) is 22.1 Å². The van der Waals surface area contributed by atoms with Crippen molar-refractivity contribution in [2.75, 3.05) is 0 Å². The zero-order valence-corrected chi connectivity index (χ0v) is 15.6. The summed E-state index contributed by atoms with van der Waals surface area (Å²) in [5, 5.41) is 1.77. The highest BCUT2D eigenvalue weighted by Crippen LogP contribution is 2.30. The second-order valence-corrected chi connectivity index (χ2v) is 5.98. The summed E-state index contributed by atoms with van der Waals surface area (Å²) in [5.74, 6) is -1.60. The van der Waals surface area contributed by atoms with Gasteiger partial charge in [-0.15, -0.1) is 0 Å². The summed E-state index contributed by atoms with van der Waals surface area (Å²) < 4.78 is 0. The topological polar surface area (TPSA) is 68.3 Å². The largest absolute Gasteiger partial charge is 0.286 e. The van der Waals surface area contributed by atoms with Crippen molar-refractivity contribution in [3.63, 3.8) is 0 Å². The van der Waals surface area contributed by atoms with Crippen molar-refractivity contribution in [3.05, 3.63) is 89.0 Å². The van der Waals surface area contributed by atoms with Crippen LogP contribution < -0.4 is 0 Å². The lowest BCUT2D eigenvalue weighted by molar-refractivity contribution is -0.110. The highest BCUT2D eigenvalue weighted by Gasteiger charge is 2.29. The summed E-state index contributed by atoms with van der Waals surface area (Å²) in [6.07, 6.45) is 2.98. The zero-order chi connectivity index (χ0) is 20.3. The lowest BCUT2D eigenvalue weighted by Crippen LogP contribution is -2.15. The fraction of sp³-hybridized carbons (Fsp3) is 0.0833. The van der Waals surface area contributed by atoms with Crippen LogP contribution in [0.4, 0.5) is 0 Å². The monoisotopic (exact) mass is 370 g/mol. The van der Waals surface area contributed by atoms with Gasteiger partial charge in [-0.1, -0.05) is 80.6 Å². The van der Waals surface area contributed by atoms with Crippen LogP contribution in [0.15, 0.2) is 66.7 Å². The molecule has 0 radical (unpaired) electrons. The Hall–Kier alpha value is -3.66. The maximum Gasteiger partial charge on any atom is 0.234 e. The molecule has 0 amide bonds. The van der Waals surface area contributed by atoms with Crippen LogP contribution in [0, 0.1) is 0 Å². The van der Waals surface area contributed by atoms with Crippen molar-refractivity contribution in [3.8, 4) is 0 Å². The lowest BCUT2D eigenvalue weighted by atomic mass is 9.96.